The summed E-state index contributed by atoms with van der Waals surface area (Å²) in [7, 11) is 0. The molecule has 106 valence electrons. The van der Waals surface area contributed by atoms with Crippen molar-refractivity contribution >= 4 is 0 Å². The highest BCUT2D eigenvalue weighted by atomic mass is 19.1. The molecule has 1 aliphatic rings. The molecule has 1 aromatic carbocycles. The van der Waals surface area contributed by atoms with Crippen LogP contribution in [0, 0.1) is 5.82 Å². The van der Waals surface area contributed by atoms with E-state index in [2.05, 4.69) is 0 Å². The number of ether oxygens (including phenoxy) is 1. The second kappa shape index (κ2) is 5.88. The van der Waals surface area contributed by atoms with Crippen LogP contribution in [0.3, 0.4) is 0 Å². The van der Waals surface area contributed by atoms with Gasteiger partial charge in [0, 0.05) is 5.56 Å². The molecule has 2 N–H and O–H groups in total. The molecule has 19 heavy (non-hydrogen) atoms. The summed E-state index contributed by atoms with van der Waals surface area (Å²) in [6.45, 7) is 1.76. The average molecular weight is 268 g/mol. The first-order valence-corrected chi connectivity index (χ1v) is 6.83. The van der Waals surface area contributed by atoms with Crippen LogP contribution in [0.5, 0.6) is 5.75 Å². The monoisotopic (exact) mass is 268 g/mol. The third kappa shape index (κ3) is 3.67. The van der Waals surface area contributed by atoms with Crippen LogP contribution in [0.15, 0.2) is 18.2 Å². The Morgan fingerprint density at radius 3 is 2.63 bits per heavy atom. The number of aliphatic hydroxyl groups is 2. The zero-order valence-corrected chi connectivity index (χ0v) is 11.2. The molecule has 0 radical (unpaired) electrons. The first-order chi connectivity index (χ1) is 9.00. The number of hydrogen-bond acceptors (Lipinski definition) is 3. The molecule has 3 nitrogen and oxygen atoms in total. The van der Waals surface area contributed by atoms with Crippen molar-refractivity contribution in [1.29, 1.82) is 0 Å². The van der Waals surface area contributed by atoms with Crippen molar-refractivity contribution in [2.45, 2.75) is 50.7 Å². The summed E-state index contributed by atoms with van der Waals surface area (Å²) in [4.78, 5) is 0. The maximum Gasteiger partial charge on any atom is 0.125 e. The van der Waals surface area contributed by atoms with Gasteiger partial charge in [-0.3, -0.25) is 0 Å². The van der Waals surface area contributed by atoms with Crippen LogP contribution in [-0.2, 0) is 0 Å². The van der Waals surface area contributed by atoms with E-state index in [1.807, 2.05) is 0 Å². The summed E-state index contributed by atoms with van der Waals surface area (Å²) < 4.78 is 18.8. The number of halogens is 1. The van der Waals surface area contributed by atoms with Crippen molar-refractivity contribution in [1.82, 2.24) is 0 Å². The lowest BCUT2D eigenvalue weighted by Gasteiger charge is -2.32. The predicted molar refractivity (Wildman–Crippen MR) is 70.6 cm³/mol. The molecule has 0 aromatic heterocycles. The fourth-order valence-corrected chi connectivity index (χ4v) is 2.54. The number of rotatable bonds is 4. The summed E-state index contributed by atoms with van der Waals surface area (Å²) in [5, 5.41) is 20.0. The van der Waals surface area contributed by atoms with Crippen molar-refractivity contribution in [3.63, 3.8) is 0 Å². The molecular weight excluding hydrogens is 247 g/mol. The van der Waals surface area contributed by atoms with Crippen LogP contribution >= 0.6 is 0 Å². The van der Waals surface area contributed by atoms with Gasteiger partial charge in [0.15, 0.2) is 0 Å². The van der Waals surface area contributed by atoms with E-state index in [9.17, 15) is 14.6 Å². The minimum absolute atomic E-state index is 0.193. The third-order valence-corrected chi connectivity index (χ3v) is 3.70. The Bertz CT molecular complexity index is 425. The van der Waals surface area contributed by atoms with Crippen molar-refractivity contribution < 1.29 is 19.3 Å². The summed E-state index contributed by atoms with van der Waals surface area (Å²) in [5.74, 6) is 0.0371. The molecule has 1 aliphatic carbocycles. The number of aliphatic hydroxyl groups excluding tert-OH is 1. The summed E-state index contributed by atoms with van der Waals surface area (Å²) in [6.07, 6.45) is 3.83. The second-order valence-electron chi connectivity index (χ2n) is 5.43. The summed E-state index contributed by atoms with van der Waals surface area (Å²) >= 11 is 0. The Kier molecular flexibility index (Phi) is 4.42. The lowest BCUT2D eigenvalue weighted by molar-refractivity contribution is -0.0345. The van der Waals surface area contributed by atoms with Gasteiger partial charge in [-0.15, -0.1) is 0 Å². The van der Waals surface area contributed by atoms with Gasteiger partial charge in [0.2, 0.25) is 0 Å². The average Bonchev–Trinajstić information content (AvgIpc) is 2.38. The lowest BCUT2D eigenvalue weighted by Crippen LogP contribution is -2.38. The molecule has 4 heteroatoms. The van der Waals surface area contributed by atoms with Crippen molar-refractivity contribution in [2.75, 3.05) is 6.61 Å². The van der Waals surface area contributed by atoms with Crippen LogP contribution in [0.4, 0.5) is 4.39 Å². The highest BCUT2D eigenvalue weighted by molar-refractivity contribution is 5.35. The maximum atomic E-state index is 13.2. The molecule has 0 bridgehead atoms. The van der Waals surface area contributed by atoms with Gasteiger partial charge < -0.3 is 14.9 Å². The standard InChI is InChI=1S/C15H21FO3/c1-11(17)13-9-12(16)5-6-14(13)19-10-15(18)7-3-2-4-8-15/h5-6,9,11,17-18H,2-4,7-8,10H2,1H3. The van der Waals surface area contributed by atoms with Crippen LogP contribution < -0.4 is 4.74 Å². The Morgan fingerprint density at radius 1 is 1.32 bits per heavy atom. The Labute approximate surface area is 113 Å². The molecule has 1 fully saturated rings. The van der Waals surface area contributed by atoms with Crippen molar-refractivity contribution in [3.05, 3.63) is 29.6 Å². The molecule has 1 aromatic rings. The molecule has 0 heterocycles. The van der Waals surface area contributed by atoms with Gasteiger partial charge in [0.25, 0.3) is 0 Å². The van der Waals surface area contributed by atoms with Crippen molar-refractivity contribution in [2.24, 2.45) is 0 Å². The van der Waals surface area contributed by atoms with E-state index >= 15 is 0 Å². The van der Waals surface area contributed by atoms with Gasteiger partial charge >= 0.3 is 0 Å². The van der Waals surface area contributed by atoms with Gasteiger partial charge in [-0.1, -0.05) is 19.3 Å². The second-order valence-corrected chi connectivity index (χ2v) is 5.43. The smallest absolute Gasteiger partial charge is 0.125 e. The zero-order valence-electron chi connectivity index (χ0n) is 11.2. The highest BCUT2D eigenvalue weighted by Crippen LogP contribution is 2.31. The van der Waals surface area contributed by atoms with E-state index in [1.54, 1.807) is 6.92 Å². The Morgan fingerprint density at radius 2 is 2.00 bits per heavy atom. The molecule has 0 saturated heterocycles. The molecule has 0 aliphatic heterocycles. The largest absolute Gasteiger partial charge is 0.490 e. The van der Waals surface area contributed by atoms with Crippen LogP contribution in [-0.4, -0.2) is 22.4 Å². The topological polar surface area (TPSA) is 49.7 Å². The number of hydrogen-bond donors (Lipinski definition) is 2. The third-order valence-electron chi connectivity index (χ3n) is 3.70. The fourth-order valence-electron chi connectivity index (χ4n) is 2.54. The summed E-state index contributed by atoms with van der Waals surface area (Å²) in [5.41, 5.74) is -0.373. The van der Waals surface area contributed by atoms with Gasteiger partial charge in [-0.25, -0.2) is 4.39 Å². The van der Waals surface area contributed by atoms with Crippen LogP contribution in [0.2, 0.25) is 0 Å². The van der Waals surface area contributed by atoms with Gasteiger partial charge in [-0.05, 0) is 38.0 Å². The van der Waals surface area contributed by atoms with E-state index in [-0.39, 0.29) is 6.61 Å². The molecule has 0 spiro atoms. The first-order valence-electron chi connectivity index (χ1n) is 6.83. The SMILES string of the molecule is CC(O)c1cc(F)ccc1OCC1(O)CCCCC1. The van der Waals surface area contributed by atoms with E-state index in [0.717, 1.165) is 32.1 Å². The van der Waals surface area contributed by atoms with Crippen LogP contribution in [0.25, 0.3) is 0 Å². The predicted octanol–water partition coefficient (Wildman–Crippen LogP) is 2.95. The minimum atomic E-state index is -0.799. The normalized spacial score (nSPS) is 20.0. The summed E-state index contributed by atoms with van der Waals surface area (Å²) in [6, 6.07) is 4.07. The molecule has 0 amide bonds. The van der Waals surface area contributed by atoms with E-state index in [1.165, 1.54) is 18.2 Å². The quantitative estimate of drug-likeness (QED) is 0.882. The lowest BCUT2D eigenvalue weighted by atomic mass is 9.85. The zero-order chi connectivity index (χ0) is 13.9. The molecule has 1 atom stereocenters. The maximum absolute atomic E-state index is 13.2. The Balaban J connectivity index is 2.06. The highest BCUT2D eigenvalue weighted by Gasteiger charge is 2.30. The van der Waals surface area contributed by atoms with E-state index in [0.29, 0.717) is 11.3 Å². The molecule has 1 saturated carbocycles. The van der Waals surface area contributed by atoms with Gasteiger partial charge in [0.1, 0.15) is 18.2 Å². The first kappa shape index (κ1) is 14.3. The minimum Gasteiger partial charge on any atom is -0.490 e. The van der Waals surface area contributed by atoms with Crippen LogP contribution in [0.1, 0.15) is 50.7 Å². The van der Waals surface area contributed by atoms with Gasteiger partial charge in [0.05, 0.1) is 11.7 Å². The fraction of sp³-hybridized carbons (Fsp3) is 0.600. The molecule has 2 rings (SSSR count). The molecular formula is C15H21FO3. The number of benzene rings is 1. The van der Waals surface area contributed by atoms with E-state index < -0.39 is 17.5 Å². The molecule has 1 unspecified atom stereocenters. The Hall–Kier alpha value is -1.13. The van der Waals surface area contributed by atoms with E-state index in [4.69, 9.17) is 4.74 Å². The van der Waals surface area contributed by atoms with Crippen molar-refractivity contribution in [3.8, 4) is 5.75 Å². The van der Waals surface area contributed by atoms with Gasteiger partial charge in [-0.2, -0.15) is 0 Å².